The molecular weight excluding hydrogens is 380 g/mol. The fraction of sp³-hybridized carbons (Fsp3) is 0.400. The van der Waals surface area contributed by atoms with Crippen LogP contribution in [0.2, 0.25) is 0 Å². The van der Waals surface area contributed by atoms with Gasteiger partial charge in [0, 0.05) is 17.5 Å². The van der Waals surface area contributed by atoms with Gasteiger partial charge in [0.2, 0.25) is 0 Å². The summed E-state index contributed by atoms with van der Waals surface area (Å²) in [7, 11) is 3.11. The number of methoxy groups -OCH3 is 2. The van der Waals surface area contributed by atoms with Crippen LogP contribution in [-0.2, 0) is 4.74 Å². The van der Waals surface area contributed by atoms with E-state index in [-0.39, 0.29) is 5.91 Å². The third-order valence-corrected chi connectivity index (χ3v) is 4.56. The Morgan fingerprint density at radius 1 is 1.11 bits per heavy atom. The highest BCUT2D eigenvalue weighted by Gasteiger charge is 2.24. The average Bonchev–Trinajstić information content (AvgIpc) is 3.03. The van der Waals surface area contributed by atoms with Crippen molar-refractivity contribution in [3.63, 3.8) is 0 Å². The van der Waals surface area contributed by atoms with E-state index >= 15 is 0 Å². The molecule has 1 aromatic heterocycles. The van der Waals surface area contributed by atoms with Crippen molar-refractivity contribution in [2.45, 2.75) is 33.3 Å². The van der Waals surface area contributed by atoms with Crippen molar-refractivity contribution in [2.24, 2.45) is 0 Å². The topological polar surface area (TPSA) is 85.9 Å². The summed E-state index contributed by atoms with van der Waals surface area (Å²) < 4.78 is 15.9. The number of ether oxygens (including phenoxy) is 3. The molecule has 2 N–H and O–H groups in total. The summed E-state index contributed by atoms with van der Waals surface area (Å²) in [5.41, 5.74) is 1.19. The van der Waals surface area contributed by atoms with E-state index in [0.717, 1.165) is 5.56 Å². The SMILES string of the molecule is CCNC(=O)c1c(-c2ccc(OC)c(OC)c2)csc1NC(=O)OC(C)(C)C. The summed E-state index contributed by atoms with van der Waals surface area (Å²) >= 11 is 1.26. The summed E-state index contributed by atoms with van der Waals surface area (Å²) in [6.07, 6.45) is -0.612. The Labute approximate surface area is 169 Å². The Bertz CT molecular complexity index is 855. The first kappa shape index (κ1) is 21.6. The Morgan fingerprint density at radius 3 is 2.36 bits per heavy atom. The minimum Gasteiger partial charge on any atom is -0.493 e. The van der Waals surface area contributed by atoms with Crippen molar-refractivity contribution >= 4 is 28.3 Å². The van der Waals surface area contributed by atoms with Gasteiger partial charge in [-0.15, -0.1) is 11.3 Å². The van der Waals surface area contributed by atoms with Crippen LogP contribution in [0.15, 0.2) is 23.6 Å². The number of hydrogen-bond donors (Lipinski definition) is 2. The van der Waals surface area contributed by atoms with Gasteiger partial charge in [0.25, 0.3) is 5.91 Å². The number of carbonyl (C=O) groups excluding carboxylic acids is 2. The predicted molar refractivity (Wildman–Crippen MR) is 111 cm³/mol. The van der Waals surface area contributed by atoms with Crippen molar-refractivity contribution in [2.75, 3.05) is 26.1 Å². The zero-order chi connectivity index (χ0) is 20.9. The van der Waals surface area contributed by atoms with Crippen LogP contribution >= 0.6 is 11.3 Å². The summed E-state index contributed by atoms with van der Waals surface area (Å²) in [4.78, 5) is 24.9. The van der Waals surface area contributed by atoms with Crippen molar-refractivity contribution in [1.29, 1.82) is 0 Å². The standard InChI is InChI=1S/C20H26N2O5S/c1-7-21-17(23)16-13(12-8-9-14(25-5)15(10-12)26-6)11-28-18(16)22-19(24)27-20(2,3)4/h8-11H,7H2,1-6H3,(H,21,23)(H,22,24). The molecule has 0 saturated carbocycles. The zero-order valence-electron chi connectivity index (χ0n) is 17.0. The number of rotatable bonds is 6. The van der Waals surface area contributed by atoms with Crippen LogP contribution in [0.5, 0.6) is 11.5 Å². The molecule has 2 aromatic rings. The second-order valence-electron chi connectivity index (χ2n) is 6.91. The molecule has 0 aliphatic heterocycles. The predicted octanol–water partition coefficient (Wildman–Crippen LogP) is 4.53. The molecule has 0 aliphatic rings. The van der Waals surface area contributed by atoms with Crippen molar-refractivity contribution in [1.82, 2.24) is 5.32 Å². The van der Waals surface area contributed by atoms with E-state index < -0.39 is 11.7 Å². The van der Waals surface area contributed by atoms with Gasteiger partial charge in [-0.2, -0.15) is 0 Å². The molecular formula is C20H26N2O5S. The fourth-order valence-electron chi connectivity index (χ4n) is 2.54. The molecule has 0 spiro atoms. The quantitative estimate of drug-likeness (QED) is 0.736. The van der Waals surface area contributed by atoms with Crippen LogP contribution in [0, 0.1) is 0 Å². The Kier molecular flexibility index (Phi) is 6.90. The lowest BCUT2D eigenvalue weighted by atomic mass is 10.0. The monoisotopic (exact) mass is 406 g/mol. The fourth-order valence-corrected chi connectivity index (χ4v) is 3.49. The summed E-state index contributed by atoms with van der Waals surface area (Å²) in [5.74, 6) is 0.863. The molecule has 8 heteroatoms. The highest BCUT2D eigenvalue weighted by Crippen LogP contribution is 2.39. The molecule has 1 heterocycles. The number of hydrogen-bond acceptors (Lipinski definition) is 6. The first-order valence-electron chi connectivity index (χ1n) is 8.82. The van der Waals surface area contributed by atoms with E-state index in [2.05, 4.69) is 10.6 Å². The van der Waals surface area contributed by atoms with Gasteiger partial charge in [-0.3, -0.25) is 10.1 Å². The molecule has 7 nitrogen and oxygen atoms in total. The number of carbonyl (C=O) groups is 2. The van der Waals surface area contributed by atoms with Crippen LogP contribution in [0.25, 0.3) is 11.1 Å². The van der Waals surface area contributed by atoms with E-state index in [1.54, 1.807) is 47.1 Å². The molecule has 2 amide bonds. The number of benzene rings is 1. The van der Waals surface area contributed by atoms with E-state index in [4.69, 9.17) is 14.2 Å². The lowest BCUT2D eigenvalue weighted by molar-refractivity contribution is 0.0636. The number of anilines is 1. The van der Waals surface area contributed by atoms with Gasteiger partial charge in [-0.05, 0) is 45.4 Å². The van der Waals surface area contributed by atoms with Gasteiger partial charge < -0.3 is 19.5 Å². The van der Waals surface area contributed by atoms with Gasteiger partial charge in [0.1, 0.15) is 10.6 Å². The van der Waals surface area contributed by atoms with Crippen LogP contribution in [-0.4, -0.2) is 38.4 Å². The maximum absolute atomic E-state index is 12.7. The highest BCUT2D eigenvalue weighted by atomic mass is 32.1. The first-order chi connectivity index (χ1) is 13.2. The third kappa shape index (κ3) is 5.16. The van der Waals surface area contributed by atoms with Crippen LogP contribution in [0.3, 0.4) is 0 Å². The van der Waals surface area contributed by atoms with E-state index in [1.807, 2.05) is 18.4 Å². The maximum Gasteiger partial charge on any atom is 0.412 e. The molecule has 28 heavy (non-hydrogen) atoms. The zero-order valence-corrected chi connectivity index (χ0v) is 17.8. The molecule has 0 bridgehead atoms. The van der Waals surface area contributed by atoms with E-state index in [9.17, 15) is 9.59 Å². The van der Waals surface area contributed by atoms with Crippen LogP contribution < -0.4 is 20.1 Å². The smallest absolute Gasteiger partial charge is 0.412 e. The minimum absolute atomic E-state index is 0.278. The average molecular weight is 407 g/mol. The summed E-state index contributed by atoms with van der Waals surface area (Å²) in [6, 6.07) is 5.40. The van der Waals surface area contributed by atoms with E-state index in [1.165, 1.54) is 11.3 Å². The van der Waals surface area contributed by atoms with Crippen molar-refractivity contribution in [3.8, 4) is 22.6 Å². The van der Waals surface area contributed by atoms with Crippen molar-refractivity contribution in [3.05, 3.63) is 29.1 Å². The lowest BCUT2D eigenvalue weighted by Gasteiger charge is -2.19. The minimum atomic E-state index is -0.640. The molecule has 0 fully saturated rings. The molecule has 1 aromatic carbocycles. The maximum atomic E-state index is 12.7. The van der Waals surface area contributed by atoms with Gasteiger partial charge >= 0.3 is 6.09 Å². The molecule has 0 saturated heterocycles. The van der Waals surface area contributed by atoms with Gasteiger partial charge in [-0.25, -0.2) is 4.79 Å². The van der Waals surface area contributed by atoms with Gasteiger partial charge in [0.05, 0.1) is 19.8 Å². The molecule has 152 valence electrons. The van der Waals surface area contributed by atoms with Gasteiger partial charge in [0.15, 0.2) is 11.5 Å². The van der Waals surface area contributed by atoms with Crippen molar-refractivity contribution < 1.29 is 23.8 Å². The largest absolute Gasteiger partial charge is 0.493 e. The van der Waals surface area contributed by atoms with Crippen LogP contribution in [0.4, 0.5) is 9.80 Å². The van der Waals surface area contributed by atoms with E-state index in [0.29, 0.717) is 34.2 Å². The normalized spacial score (nSPS) is 10.9. The number of amides is 2. The highest BCUT2D eigenvalue weighted by molar-refractivity contribution is 7.15. The number of nitrogens with one attached hydrogen (secondary N) is 2. The summed E-state index contributed by atoms with van der Waals surface area (Å²) in [6.45, 7) is 7.63. The Balaban J connectivity index is 2.46. The first-order valence-corrected chi connectivity index (χ1v) is 9.70. The molecule has 0 radical (unpaired) electrons. The molecule has 0 atom stereocenters. The second kappa shape index (κ2) is 8.97. The summed E-state index contributed by atoms with van der Waals surface area (Å²) in [5, 5.41) is 7.72. The second-order valence-corrected chi connectivity index (χ2v) is 7.79. The third-order valence-electron chi connectivity index (χ3n) is 3.66. The number of thiophene rings is 1. The Morgan fingerprint density at radius 2 is 1.79 bits per heavy atom. The molecule has 0 unspecified atom stereocenters. The van der Waals surface area contributed by atoms with Gasteiger partial charge in [-0.1, -0.05) is 6.07 Å². The van der Waals surface area contributed by atoms with Crippen LogP contribution in [0.1, 0.15) is 38.1 Å². The lowest BCUT2D eigenvalue weighted by Crippen LogP contribution is -2.28. The molecule has 0 aliphatic carbocycles. The molecule has 2 rings (SSSR count). The Hall–Kier alpha value is -2.74.